The van der Waals surface area contributed by atoms with Crippen molar-refractivity contribution in [3.8, 4) is 0 Å². The zero-order chi connectivity index (χ0) is 15.9. The van der Waals surface area contributed by atoms with Crippen molar-refractivity contribution in [3.05, 3.63) is 17.0 Å². The Kier molecular flexibility index (Phi) is 4.02. The maximum absolute atomic E-state index is 13.1. The van der Waals surface area contributed by atoms with Gasteiger partial charge in [0.25, 0.3) is 0 Å². The van der Waals surface area contributed by atoms with E-state index in [1.165, 1.54) is 12.0 Å². The number of hydrogen-bond acceptors (Lipinski definition) is 3. The third-order valence-corrected chi connectivity index (χ3v) is 5.40. The Morgan fingerprint density at radius 3 is 2.50 bits per heavy atom. The van der Waals surface area contributed by atoms with Gasteiger partial charge in [-0.3, -0.25) is 14.8 Å². The molecule has 2 fully saturated rings. The summed E-state index contributed by atoms with van der Waals surface area (Å²) < 4.78 is 1.92. The Labute approximate surface area is 133 Å². The molecule has 1 aromatic heterocycles. The lowest BCUT2D eigenvalue weighted by Crippen LogP contribution is -2.48. The molecule has 3 rings (SSSR count). The number of amides is 1. The van der Waals surface area contributed by atoms with Crippen LogP contribution in [0.3, 0.4) is 0 Å². The molecule has 2 aliphatic rings. The van der Waals surface area contributed by atoms with Gasteiger partial charge in [0.2, 0.25) is 5.91 Å². The maximum Gasteiger partial charge on any atom is 0.244 e. The molecule has 1 N–H and O–H groups in total. The number of carbonyl (C=O) groups excluding carboxylic acids is 1. The lowest BCUT2D eigenvalue weighted by atomic mass is 9.81. The Balaban J connectivity index is 2.00. The van der Waals surface area contributed by atoms with Crippen molar-refractivity contribution in [1.29, 1.82) is 0 Å². The molecule has 1 saturated heterocycles. The Morgan fingerprint density at radius 1 is 1.27 bits per heavy atom. The van der Waals surface area contributed by atoms with E-state index >= 15 is 0 Å². The largest absolute Gasteiger partial charge is 0.321 e. The number of rotatable bonds is 3. The maximum atomic E-state index is 13.1. The van der Waals surface area contributed by atoms with E-state index in [1.54, 1.807) is 0 Å². The Morgan fingerprint density at radius 2 is 1.95 bits per heavy atom. The molecule has 1 atom stereocenters. The van der Waals surface area contributed by atoms with Crippen molar-refractivity contribution < 1.29 is 4.79 Å². The topological polar surface area (TPSA) is 50.2 Å². The van der Waals surface area contributed by atoms with Crippen LogP contribution in [0.2, 0.25) is 0 Å². The van der Waals surface area contributed by atoms with Crippen LogP contribution in [0.25, 0.3) is 0 Å². The van der Waals surface area contributed by atoms with E-state index in [9.17, 15) is 4.79 Å². The van der Waals surface area contributed by atoms with Crippen LogP contribution in [0.1, 0.15) is 68.6 Å². The zero-order valence-electron chi connectivity index (χ0n) is 14.3. The minimum absolute atomic E-state index is 0.0146. The van der Waals surface area contributed by atoms with Gasteiger partial charge in [0.15, 0.2) is 0 Å². The number of nitrogens with zero attached hydrogens (tertiary/aromatic N) is 3. The van der Waals surface area contributed by atoms with Crippen molar-refractivity contribution in [3.63, 3.8) is 0 Å². The van der Waals surface area contributed by atoms with Gasteiger partial charge in [-0.1, -0.05) is 26.2 Å². The summed E-state index contributed by atoms with van der Waals surface area (Å²) in [5, 5.41) is 8.27. The second-order valence-corrected chi connectivity index (χ2v) is 6.90. The molecule has 1 amide bonds. The van der Waals surface area contributed by atoms with Crippen LogP contribution in [0.4, 0.5) is 0 Å². The zero-order valence-corrected chi connectivity index (χ0v) is 14.3. The van der Waals surface area contributed by atoms with Gasteiger partial charge >= 0.3 is 0 Å². The fourth-order valence-corrected chi connectivity index (χ4v) is 4.19. The number of hydrogen-bond donors (Lipinski definition) is 1. The molecule has 1 aliphatic heterocycles. The highest BCUT2D eigenvalue weighted by Gasteiger charge is 2.52. The number of aromatic nitrogens is 2. The van der Waals surface area contributed by atoms with Gasteiger partial charge in [-0.25, -0.2) is 0 Å². The van der Waals surface area contributed by atoms with Crippen LogP contribution in [0, 0.1) is 13.8 Å². The normalized spacial score (nSPS) is 24.5. The molecule has 5 heteroatoms. The average Bonchev–Trinajstić information content (AvgIpc) is 2.89. The van der Waals surface area contributed by atoms with Crippen LogP contribution in [-0.4, -0.2) is 32.7 Å². The van der Waals surface area contributed by atoms with Crippen molar-refractivity contribution >= 4 is 5.91 Å². The third-order valence-electron chi connectivity index (χ3n) is 5.40. The standard InChI is InChI=1S/C17H28N4O/c1-5-11-21-15(14-12(2)19-20(4)13(14)3)18-17(16(21)22)9-7-6-8-10-17/h15,18H,5-11H2,1-4H3/t15-/m1/s1. The quantitative estimate of drug-likeness (QED) is 0.934. The predicted octanol–water partition coefficient (Wildman–Crippen LogP) is 2.58. The van der Waals surface area contributed by atoms with E-state index in [2.05, 4.69) is 29.2 Å². The summed E-state index contributed by atoms with van der Waals surface area (Å²) in [7, 11) is 1.98. The summed E-state index contributed by atoms with van der Waals surface area (Å²) in [5.41, 5.74) is 3.04. The highest BCUT2D eigenvalue weighted by molar-refractivity contribution is 5.89. The molecule has 5 nitrogen and oxygen atoms in total. The monoisotopic (exact) mass is 304 g/mol. The fourth-order valence-electron chi connectivity index (χ4n) is 4.19. The molecule has 1 aliphatic carbocycles. The van der Waals surface area contributed by atoms with Crippen molar-refractivity contribution in [2.24, 2.45) is 7.05 Å². The number of nitrogens with one attached hydrogen (secondary N) is 1. The van der Waals surface area contributed by atoms with Crippen LogP contribution in [0.15, 0.2) is 0 Å². The van der Waals surface area contributed by atoms with E-state index in [4.69, 9.17) is 0 Å². The lowest BCUT2D eigenvalue weighted by Gasteiger charge is -2.31. The Hall–Kier alpha value is -1.36. The van der Waals surface area contributed by atoms with Crippen LogP contribution >= 0.6 is 0 Å². The molecule has 0 aromatic carbocycles. The van der Waals surface area contributed by atoms with Gasteiger partial charge in [0, 0.05) is 24.8 Å². The highest BCUT2D eigenvalue weighted by atomic mass is 16.2. The molecular formula is C17H28N4O. The molecule has 0 unspecified atom stereocenters. The molecule has 0 radical (unpaired) electrons. The van der Waals surface area contributed by atoms with Gasteiger partial charge in [-0.2, -0.15) is 5.10 Å². The Bertz CT molecular complexity index is 571. The molecule has 22 heavy (non-hydrogen) atoms. The second kappa shape index (κ2) is 5.69. The minimum atomic E-state index is -0.327. The van der Waals surface area contributed by atoms with Gasteiger partial charge in [-0.05, 0) is 33.1 Å². The summed E-state index contributed by atoms with van der Waals surface area (Å²) in [4.78, 5) is 15.2. The summed E-state index contributed by atoms with van der Waals surface area (Å²) in [6, 6.07) is 0. The summed E-state index contributed by atoms with van der Waals surface area (Å²) in [6.45, 7) is 7.09. The number of aryl methyl sites for hydroxylation is 2. The molecule has 1 spiro atoms. The van der Waals surface area contributed by atoms with Gasteiger partial charge in [0.05, 0.1) is 11.2 Å². The van der Waals surface area contributed by atoms with Crippen molar-refractivity contribution in [2.75, 3.05) is 6.54 Å². The molecular weight excluding hydrogens is 276 g/mol. The van der Waals surface area contributed by atoms with Crippen molar-refractivity contribution in [2.45, 2.75) is 71.0 Å². The summed E-state index contributed by atoms with van der Waals surface area (Å²) in [5.74, 6) is 0.307. The molecule has 2 heterocycles. The summed E-state index contributed by atoms with van der Waals surface area (Å²) in [6.07, 6.45) is 6.46. The van der Waals surface area contributed by atoms with E-state index in [1.807, 2.05) is 18.7 Å². The third kappa shape index (κ3) is 2.26. The number of carbonyl (C=O) groups is 1. The molecule has 0 bridgehead atoms. The summed E-state index contributed by atoms with van der Waals surface area (Å²) >= 11 is 0. The van der Waals surface area contributed by atoms with Crippen LogP contribution in [-0.2, 0) is 11.8 Å². The first kappa shape index (κ1) is 15.5. The van der Waals surface area contributed by atoms with E-state index in [-0.39, 0.29) is 11.7 Å². The van der Waals surface area contributed by atoms with Crippen LogP contribution in [0.5, 0.6) is 0 Å². The second-order valence-electron chi connectivity index (χ2n) is 6.90. The SMILES string of the molecule is CCCN1C(=O)C2(CCCCC2)N[C@H]1c1c(C)nn(C)c1C. The first-order valence-electron chi connectivity index (χ1n) is 8.59. The smallest absolute Gasteiger partial charge is 0.244 e. The first-order valence-corrected chi connectivity index (χ1v) is 8.59. The van der Waals surface area contributed by atoms with E-state index in [0.717, 1.165) is 50.0 Å². The molecule has 1 saturated carbocycles. The van der Waals surface area contributed by atoms with Crippen molar-refractivity contribution in [1.82, 2.24) is 20.0 Å². The van der Waals surface area contributed by atoms with Gasteiger partial charge in [-0.15, -0.1) is 0 Å². The molecule has 1 aromatic rings. The average molecular weight is 304 g/mol. The van der Waals surface area contributed by atoms with E-state index < -0.39 is 0 Å². The predicted molar refractivity (Wildman–Crippen MR) is 86.4 cm³/mol. The minimum Gasteiger partial charge on any atom is -0.321 e. The molecule has 122 valence electrons. The van der Waals surface area contributed by atoms with Gasteiger partial charge < -0.3 is 4.90 Å². The highest BCUT2D eigenvalue weighted by Crippen LogP contribution is 2.41. The van der Waals surface area contributed by atoms with E-state index in [0.29, 0.717) is 5.91 Å². The first-order chi connectivity index (χ1) is 10.5. The fraction of sp³-hybridized carbons (Fsp3) is 0.765. The van der Waals surface area contributed by atoms with Crippen LogP contribution < -0.4 is 5.32 Å². The lowest BCUT2D eigenvalue weighted by molar-refractivity contribution is -0.134. The van der Waals surface area contributed by atoms with Gasteiger partial charge in [0.1, 0.15) is 6.17 Å².